The lowest BCUT2D eigenvalue weighted by Crippen LogP contribution is -2.29. The summed E-state index contributed by atoms with van der Waals surface area (Å²) in [6.07, 6.45) is 0.718. The molecule has 1 heterocycles. The Morgan fingerprint density at radius 3 is 2.52 bits per heavy atom. The molecule has 2 aromatic carbocycles. The molecule has 0 saturated heterocycles. The molecular formula is C15H13Cl2NO2S. The minimum atomic E-state index is -3.63. The van der Waals surface area contributed by atoms with Crippen LogP contribution >= 0.6 is 23.2 Å². The predicted molar refractivity (Wildman–Crippen MR) is 85.9 cm³/mol. The molecule has 110 valence electrons. The van der Waals surface area contributed by atoms with Crippen molar-refractivity contribution in [3.8, 4) is 0 Å². The van der Waals surface area contributed by atoms with Crippen molar-refractivity contribution in [2.24, 2.45) is 0 Å². The summed E-state index contributed by atoms with van der Waals surface area (Å²) in [6, 6.07) is 10.5. The average molecular weight is 342 g/mol. The Morgan fingerprint density at radius 1 is 1.10 bits per heavy atom. The highest BCUT2D eigenvalue weighted by molar-refractivity contribution is 7.93. The molecule has 0 bridgehead atoms. The minimum Gasteiger partial charge on any atom is -0.266 e. The first kappa shape index (κ1) is 14.7. The van der Waals surface area contributed by atoms with E-state index >= 15 is 0 Å². The van der Waals surface area contributed by atoms with E-state index in [1.54, 1.807) is 13.0 Å². The van der Waals surface area contributed by atoms with Gasteiger partial charge in [-0.25, -0.2) is 8.42 Å². The molecule has 2 aromatic rings. The fourth-order valence-corrected chi connectivity index (χ4v) is 4.77. The number of halogens is 2. The molecule has 0 saturated carbocycles. The van der Waals surface area contributed by atoms with Gasteiger partial charge in [0.15, 0.2) is 0 Å². The zero-order chi connectivity index (χ0) is 15.2. The van der Waals surface area contributed by atoms with E-state index in [2.05, 4.69) is 0 Å². The summed E-state index contributed by atoms with van der Waals surface area (Å²) in [7, 11) is -3.63. The van der Waals surface area contributed by atoms with Crippen molar-refractivity contribution in [2.45, 2.75) is 18.2 Å². The molecule has 0 unspecified atom stereocenters. The summed E-state index contributed by atoms with van der Waals surface area (Å²) < 4.78 is 27.3. The van der Waals surface area contributed by atoms with Crippen LogP contribution in [0.2, 0.25) is 10.0 Å². The number of sulfonamides is 1. The predicted octanol–water partition coefficient (Wildman–Crippen LogP) is 4.05. The number of para-hydroxylation sites is 1. The van der Waals surface area contributed by atoms with E-state index in [0.717, 1.165) is 17.7 Å². The number of rotatable bonds is 2. The molecule has 1 aliphatic heterocycles. The molecule has 0 spiro atoms. The van der Waals surface area contributed by atoms with Crippen LogP contribution in [-0.2, 0) is 16.4 Å². The van der Waals surface area contributed by atoms with Gasteiger partial charge in [-0.3, -0.25) is 4.31 Å². The van der Waals surface area contributed by atoms with Crippen LogP contribution in [0.4, 0.5) is 5.69 Å². The number of nitrogens with zero attached hydrogens (tertiary/aromatic N) is 1. The lowest BCUT2D eigenvalue weighted by molar-refractivity contribution is 0.591. The first-order chi connectivity index (χ1) is 9.91. The van der Waals surface area contributed by atoms with Crippen molar-refractivity contribution < 1.29 is 8.42 Å². The second-order valence-electron chi connectivity index (χ2n) is 4.99. The molecule has 3 rings (SSSR count). The Labute approximate surface area is 134 Å². The molecule has 0 amide bonds. The summed E-state index contributed by atoms with van der Waals surface area (Å²) in [4.78, 5) is 0.202. The van der Waals surface area contributed by atoms with E-state index in [1.807, 2.05) is 24.3 Å². The van der Waals surface area contributed by atoms with Crippen molar-refractivity contribution >= 4 is 38.9 Å². The number of anilines is 1. The third-order valence-electron chi connectivity index (χ3n) is 3.63. The van der Waals surface area contributed by atoms with E-state index < -0.39 is 10.0 Å². The molecule has 0 aromatic heterocycles. The monoisotopic (exact) mass is 341 g/mol. The highest BCUT2D eigenvalue weighted by Gasteiger charge is 2.31. The zero-order valence-corrected chi connectivity index (χ0v) is 13.6. The van der Waals surface area contributed by atoms with Crippen LogP contribution in [0, 0.1) is 6.92 Å². The van der Waals surface area contributed by atoms with Crippen molar-refractivity contribution in [3.05, 3.63) is 57.6 Å². The van der Waals surface area contributed by atoms with Gasteiger partial charge in [0.2, 0.25) is 0 Å². The van der Waals surface area contributed by atoms with Gasteiger partial charge in [0.05, 0.1) is 20.6 Å². The van der Waals surface area contributed by atoms with Gasteiger partial charge < -0.3 is 0 Å². The number of hydrogen-bond donors (Lipinski definition) is 0. The second-order valence-corrected chi connectivity index (χ2v) is 7.63. The van der Waals surface area contributed by atoms with Crippen molar-refractivity contribution in [1.82, 2.24) is 0 Å². The van der Waals surface area contributed by atoms with Gasteiger partial charge in [0.25, 0.3) is 10.0 Å². The molecule has 0 aliphatic carbocycles. The summed E-state index contributed by atoms with van der Waals surface area (Å²) in [5.74, 6) is 0. The first-order valence-electron chi connectivity index (χ1n) is 6.47. The standard InChI is InChI=1S/C15H13Cl2NO2S/c1-10-8-12(16)13(17)9-15(10)21(19,20)18-7-6-11-4-2-3-5-14(11)18/h2-5,8-9H,6-7H2,1H3. The maximum Gasteiger partial charge on any atom is 0.264 e. The number of benzene rings is 2. The summed E-state index contributed by atoms with van der Waals surface area (Å²) in [6.45, 7) is 2.17. The smallest absolute Gasteiger partial charge is 0.264 e. The lowest BCUT2D eigenvalue weighted by atomic mass is 10.2. The number of aryl methyl sites for hydroxylation is 1. The Bertz CT molecular complexity index is 818. The van der Waals surface area contributed by atoms with E-state index in [0.29, 0.717) is 17.1 Å². The van der Waals surface area contributed by atoms with Gasteiger partial charge in [0.1, 0.15) is 0 Å². The van der Waals surface area contributed by atoms with Crippen LogP contribution in [0.15, 0.2) is 41.3 Å². The maximum atomic E-state index is 12.9. The van der Waals surface area contributed by atoms with Crippen LogP contribution in [0.3, 0.4) is 0 Å². The highest BCUT2D eigenvalue weighted by Crippen LogP contribution is 2.35. The van der Waals surface area contributed by atoms with Gasteiger partial charge in [-0.2, -0.15) is 0 Å². The van der Waals surface area contributed by atoms with Crippen LogP contribution < -0.4 is 4.31 Å². The van der Waals surface area contributed by atoms with Gasteiger partial charge in [-0.05, 0) is 42.7 Å². The normalized spacial score (nSPS) is 14.3. The largest absolute Gasteiger partial charge is 0.266 e. The summed E-state index contributed by atoms with van der Waals surface area (Å²) in [5, 5.41) is 0.600. The van der Waals surface area contributed by atoms with Crippen molar-refractivity contribution in [2.75, 3.05) is 10.8 Å². The van der Waals surface area contributed by atoms with Crippen molar-refractivity contribution in [3.63, 3.8) is 0 Å². The minimum absolute atomic E-state index is 0.202. The van der Waals surface area contributed by atoms with Crippen molar-refractivity contribution in [1.29, 1.82) is 0 Å². The molecule has 6 heteroatoms. The third kappa shape index (κ3) is 2.41. The molecule has 3 nitrogen and oxygen atoms in total. The SMILES string of the molecule is Cc1cc(Cl)c(Cl)cc1S(=O)(=O)N1CCc2ccccc21. The summed E-state index contributed by atoms with van der Waals surface area (Å²) in [5.41, 5.74) is 2.37. The van der Waals surface area contributed by atoms with E-state index in [1.165, 1.54) is 10.4 Å². The summed E-state index contributed by atoms with van der Waals surface area (Å²) >= 11 is 11.9. The number of fused-ring (bicyclic) bond motifs is 1. The lowest BCUT2D eigenvalue weighted by Gasteiger charge is -2.21. The molecule has 1 aliphatic rings. The third-order valence-corrected chi connectivity index (χ3v) is 6.31. The van der Waals surface area contributed by atoms with E-state index in [4.69, 9.17) is 23.2 Å². The molecule has 0 radical (unpaired) electrons. The van der Waals surface area contributed by atoms with Gasteiger partial charge >= 0.3 is 0 Å². The average Bonchev–Trinajstić information content (AvgIpc) is 2.87. The topological polar surface area (TPSA) is 37.4 Å². The van der Waals surface area contributed by atoms with E-state index in [9.17, 15) is 8.42 Å². The molecule has 0 N–H and O–H groups in total. The Hall–Kier alpha value is -1.23. The fraction of sp³-hybridized carbons (Fsp3) is 0.200. The second kappa shape index (κ2) is 5.20. The molecule has 21 heavy (non-hydrogen) atoms. The van der Waals surface area contributed by atoms with Crippen LogP contribution in [0.5, 0.6) is 0 Å². The van der Waals surface area contributed by atoms with Crippen LogP contribution in [-0.4, -0.2) is 15.0 Å². The maximum absolute atomic E-state index is 12.9. The first-order valence-corrected chi connectivity index (χ1v) is 8.67. The quantitative estimate of drug-likeness (QED) is 0.826. The number of hydrogen-bond acceptors (Lipinski definition) is 2. The van der Waals surface area contributed by atoms with Gasteiger partial charge in [-0.1, -0.05) is 41.4 Å². The van der Waals surface area contributed by atoms with Gasteiger partial charge in [0, 0.05) is 6.54 Å². The van der Waals surface area contributed by atoms with Crippen LogP contribution in [0.1, 0.15) is 11.1 Å². The Kier molecular flexibility index (Phi) is 3.64. The molecule has 0 fully saturated rings. The fourth-order valence-electron chi connectivity index (χ4n) is 2.58. The molecule has 0 atom stereocenters. The van der Waals surface area contributed by atoms with Crippen LogP contribution in [0.25, 0.3) is 0 Å². The molecular weight excluding hydrogens is 329 g/mol. The zero-order valence-electron chi connectivity index (χ0n) is 11.3. The van der Waals surface area contributed by atoms with E-state index in [-0.39, 0.29) is 9.92 Å². The Morgan fingerprint density at radius 2 is 1.76 bits per heavy atom. The Balaban J connectivity index is 2.13. The van der Waals surface area contributed by atoms with Gasteiger partial charge in [-0.15, -0.1) is 0 Å². The highest BCUT2D eigenvalue weighted by atomic mass is 35.5.